The van der Waals surface area contributed by atoms with Gasteiger partial charge < -0.3 is 20.1 Å². The van der Waals surface area contributed by atoms with E-state index >= 15 is 0 Å². The average molecular weight is 357 g/mol. The zero-order valence-electron chi connectivity index (χ0n) is 12.5. The fraction of sp³-hybridized carbons (Fsp3) is 0.533. The van der Waals surface area contributed by atoms with Gasteiger partial charge in [-0.25, -0.2) is 4.79 Å². The molecule has 1 aromatic rings. The summed E-state index contributed by atoms with van der Waals surface area (Å²) in [5, 5.41) is 6.04. The van der Waals surface area contributed by atoms with Gasteiger partial charge in [-0.2, -0.15) is 0 Å². The third kappa shape index (κ3) is 5.21. The van der Waals surface area contributed by atoms with E-state index in [0.29, 0.717) is 13.2 Å². The standard InChI is InChI=1S/C15H21BrN2O3/c1-15(2,3)18-7-10-4-5-13(12(16)6-10)20-9-11-8-17-14(19)21-11/h4-6,11,18H,7-9H2,1-3H3,(H,17,19). The molecule has 0 aliphatic carbocycles. The van der Waals surface area contributed by atoms with Crippen molar-refractivity contribution in [3.05, 3.63) is 28.2 Å². The number of carbonyl (C=O) groups excluding carboxylic acids is 1. The first-order valence-electron chi connectivity index (χ1n) is 6.94. The Bertz CT molecular complexity index is 514. The smallest absolute Gasteiger partial charge is 0.407 e. The predicted molar refractivity (Wildman–Crippen MR) is 84.5 cm³/mol. The highest BCUT2D eigenvalue weighted by molar-refractivity contribution is 9.10. The Morgan fingerprint density at radius 2 is 2.24 bits per heavy atom. The molecule has 1 fully saturated rings. The van der Waals surface area contributed by atoms with Crippen LogP contribution in [0.25, 0.3) is 0 Å². The van der Waals surface area contributed by atoms with Crippen molar-refractivity contribution in [1.29, 1.82) is 0 Å². The maximum atomic E-state index is 10.9. The second-order valence-corrected chi connectivity index (χ2v) is 6.94. The number of rotatable bonds is 5. The maximum absolute atomic E-state index is 10.9. The number of benzene rings is 1. The van der Waals surface area contributed by atoms with Crippen LogP contribution in [0.15, 0.2) is 22.7 Å². The molecule has 2 rings (SSSR count). The van der Waals surface area contributed by atoms with Crippen molar-refractivity contribution < 1.29 is 14.3 Å². The molecule has 0 radical (unpaired) electrons. The monoisotopic (exact) mass is 356 g/mol. The van der Waals surface area contributed by atoms with E-state index in [1.54, 1.807) is 0 Å². The average Bonchev–Trinajstić information content (AvgIpc) is 2.80. The first-order chi connectivity index (χ1) is 9.83. The highest BCUT2D eigenvalue weighted by Gasteiger charge is 2.23. The Hall–Kier alpha value is -1.27. The van der Waals surface area contributed by atoms with Crippen LogP contribution in [-0.2, 0) is 11.3 Å². The van der Waals surface area contributed by atoms with Gasteiger partial charge in [0.2, 0.25) is 0 Å². The normalized spacial score (nSPS) is 18.3. The third-order valence-electron chi connectivity index (χ3n) is 2.99. The van der Waals surface area contributed by atoms with Gasteiger partial charge in [0.25, 0.3) is 0 Å². The topological polar surface area (TPSA) is 59.6 Å². The Balaban J connectivity index is 1.88. The van der Waals surface area contributed by atoms with E-state index in [1.165, 1.54) is 5.56 Å². The zero-order chi connectivity index (χ0) is 15.5. The summed E-state index contributed by atoms with van der Waals surface area (Å²) in [7, 11) is 0. The van der Waals surface area contributed by atoms with E-state index in [0.717, 1.165) is 16.8 Å². The van der Waals surface area contributed by atoms with Gasteiger partial charge >= 0.3 is 6.09 Å². The molecule has 0 spiro atoms. The first kappa shape index (κ1) is 16.1. The van der Waals surface area contributed by atoms with Crippen LogP contribution in [-0.4, -0.2) is 30.9 Å². The molecule has 1 aliphatic heterocycles. The summed E-state index contributed by atoms with van der Waals surface area (Å²) in [5.74, 6) is 0.748. The number of nitrogens with one attached hydrogen (secondary N) is 2. The number of alkyl carbamates (subject to hydrolysis) is 1. The number of carbonyl (C=O) groups is 1. The molecule has 1 heterocycles. The lowest BCUT2D eigenvalue weighted by molar-refractivity contribution is 0.104. The quantitative estimate of drug-likeness (QED) is 0.851. The van der Waals surface area contributed by atoms with Crippen molar-refractivity contribution in [3.8, 4) is 5.75 Å². The third-order valence-corrected chi connectivity index (χ3v) is 3.61. The zero-order valence-corrected chi connectivity index (χ0v) is 14.1. The van der Waals surface area contributed by atoms with Gasteiger partial charge in [-0.1, -0.05) is 6.07 Å². The van der Waals surface area contributed by atoms with Crippen LogP contribution in [0.4, 0.5) is 4.79 Å². The molecule has 0 aromatic heterocycles. The summed E-state index contributed by atoms with van der Waals surface area (Å²) in [6.45, 7) is 8.04. The molecule has 21 heavy (non-hydrogen) atoms. The summed E-state index contributed by atoms with van der Waals surface area (Å²) >= 11 is 3.51. The van der Waals surface area contributed by atoms with E-state index in [1.807, 2.05) is 18.2 Å². The first-order valence-corrected chi connectivity index (χ1v) is 7.73. The fourth-order valence-electron chi connectivity index (χ4n) is 1.85. The van der Waals surface area contributed by atoms with Crippen LogP contribution >= 0.6 is 15.9 Å². The molecule has 1 amide bonds. The van der Waals surface area contributed by atoms with Crippen molar-refractivity contribution in [2.75, 3.05) is 13.2 Å². The van der Waals surface area contributed by atoms with Gasteiger partial charge in [-0.3, -0.25) is 0 Å². The highest BCUT2D eigenvalue weighted by Crippen LogP contribution is 2.26. The molecule has 0 bridgehead atoms. The highest BCUT2D eigenvalue weighted by atomic mass is 79.9. The minimum Gasteiger partial charge on any atom is -0.488 e. The SMILES string of the molecule is CC(C)(C)NCc1ccc(OCC2CNC(=O)O2)c(Br)c1. The molecular weight excluding hydrogens is 336 g/mol. The second-order valence-electron chi connectivity index (χ2n) is 6.09. The second kappa shape index (κ2) is 6.66. The molecule has 116 valence electrons. The van der Waals surface area contributed by atoms with E-state index in [9.17, 15) is 4.79 Å². The van der Waals surface area contributed by atoms with Gasteiger partial charge in [-0.15, -0.1) is 0 Å². The van der Waals surface area contributed by atoms with Crippen LogP contribution in [0.3, 0.4) is 0 Å². The lowest BCUT2D eigenvalue weighted by Crippen LogP contribution is -2.35. The van der Waals surface area contributed by atoms with Crippen molar-refractivity contribution >= 4 is 22.0 Å². The van der Waals surface area contributed by atoms with Gasteiger partial charge in [0, 0.05) is 12.1 Å². The number of hydrogen-bond donors (Lipinski definition) is 2. The minimum absolute atomic E-state index is 0.0843. The summed E-state index contributed by atoms with van der Waals surface area (Å²) in [6, 6.07) is 5.98. The lowest BCUT2D eigenvalue weighted by Gasteiger charge is -2.21. The summed E-state index contributed by atoms with van der Waals surface area (Å²) < 4.78 is 11.6. The van der Waals surface area contributed by atoms with Gasteiger partial charge in [0.15, 0.2) is 6.10 Å². The predicted octanol–water partition coefficient (Wildman–Crippen LogP) is 2.82. The molecule has 1 saturated heterocycles. The number of amides is 1. The Labute approximate surface area is 133 Å². The van der Waals surface area contributed by atoms with Crippen molar-refractivity contribution in [2.45, 2.75) is 39.0 Å². The molecule has 1 aromatic carbocycles. The molecule has 5 nitrogen and oxygen atoms in total. The molecule has 6 heteroatoms. The number of ether oxygens (including phenoxy) is 2. The van der Waals surface area contributed by atoms with Crippen LogP contribution in [0.2, 0.25) is 0 Å². The van der Waals surface area contributed by atoms with Crippen molar-refractivity contribution in [1.82, 2.24) is 10.6 Å². The molecular formula is C15H21BrN2O3. The van der Waals surface area contributed by atoms with Crippen molar-refractivity contribution in [3.63, 3.8) is 0 Å². The van der Waals surface area contributed by atoms with E-state index in [-0.39, 0.29) is 17.7 Å². The number of halogens is 1. The molecule has 0 saturated carbocycles. The van der Waals surface area contributed by atoms with Crippen LogP contribution < -0.4 is 15.4 Å². The Kier molecular flexibility index (Phi) is 5.11. The maximum Gasteiger partial charge on any atom is 0.407 e. The van der Waals surface area contributed by atoms with E-state index < -0.39 is 0 Å². The molecule has 1 unspecified atom stereocenters. The minimum atomic E-state index is -0.383. The van der Waals surface area contributed by atoms with Crippen molar-refractivity contribution in [2.24, 2.45) is 0 Å². The van der Waals surface area contributed by atoms with E-state index in [4.69, 9.17) is 9.47 Å². The summed E-state index contributed by atoms with van der Waals surface area (Å²) in [6.07, 6.45) is -0.613. The fourth-order valence-corrected chi connectivity index (χ4v) is 2.39. The molecule has 1 atom stereocenters. The largest absolute Gasteiger partial charge is 0.488 e. The van der Waals surface area contributed by atoms with Crippen LogP contribution in [0, 0.1) is 0 Å². The summed E-state index contributed by atoms with van der Waals surface area (Å²) in [5.41, 5.74) is 1.26. The van der Waals surface area contributed by atoms with Crippen LogP contribution in [0.5, 0.6) is 5.75 Å². The number of hydrogen-bond acceptors (Lipinski definition) is 4. The Morgan fingerprint density at radius 1 is 1.48 bits per heavy atom. The van der Waals surface area contributed by atoms with Gasteiger partial charge in [-0.05, 0) is 54.4 Å². The number of cyclic esters (lactones) is 1. The molecule has 2 N–H and O–H groups in total. The van der Waals surface area contributed by atoms with E-state index in [2.05, 4.69) is 47.3 Å². The van der Waals surface area contributed by atoms with Gasteiger partial charge in [0.05, 0.1) is 11.0 Å². The lowest BCUT2D eigenvalue weighted by atomic mass is 10.1. The Morgan fingerprint density at radius 3 is 2.81 bits per heavy atom. The molecule has 1 aliphatic rings. The van der Waals surface area contributed by atoms with Crippen LogP contribution in [0.1, 0.15) is 26.3 Å². The van der Waals surface area contributed by atoms with Gasteiger partial charge in [0.1, 0.15) is 12.4 Å². The summed E-state index contributed by atoms with van der Waals surface area (Å²) in [4.78, 5) is 10.9.